The van der Waals surface area contributed by atoms with Crippen molar-refractivity contribution in [3.05, 3.63) is 54.1 Å². The van der Waals surface area contributed by atoms with Crippen molar-refractivity contribution in [2.24, 2.45) is 0 Å². The molecule has 2 aromatic carbocycles. The fraction of sp³-hybridized carbons (Fsp3) is 0.0714. The van der Waals surface area contributed by atoms with E-state index in [1.165, 1.54) is 6.07 Å². The molecule has 0 fully saturated rings. The van der Waals surface area contributed by atoms with Gasteiger partial charge in [-0.05, 0) is 29.3 Å². The number of carbonyl (C=O) groups is 1. The monoisotopic (exact) mass is 280 g/mol. The molecule has 2 rings (SSSR count). The SMILES string of the molecule is O=C(O)c1ccccc1-c1ccc(SC(F)F)cc1. The first-order valence-electron chi connectivity index (χ1n) is 5.45. The molecule has 1 N–H and O–H groups in total. The molecule has 0 radical (unpaired) electrons. The van der Waals surface area contributed by atoms with Crippen LogP contribution in [0.3, 0.4) is 0 Å². The quantitative estimate of drug-likeness (QED) is 0.845. The lowest BCUT2D eigenvalue weighted by atomic mass is 10.00. The smallest absolute Gasteiger partial charge is 0.336 e. The number of halogens is 2. The molecule has 0 bridgehead atoms. The number of thioether (sulfide) groups is 1. The van der Waals surface area contributed by atoms with Crippen molar-refractivity contribution in [3.63, 3.8) is 0 Å². The van der Waals surface area contributed by atoms with Crippen LogP contribution in [0, 0.1) is 0 Å². The lowest BCUT2D eigenvalue weighted by Crippen LogP contribution is -1.98. The van der Waals surface area contributed by atoms with E-state index in [1.807, 2.05) is 0 Å². The Balaban J connectivity index is 2.35. The zero-order valence-corrected chi connectivity index (χ0v) is 10.5. The van der Waals surface area contributed by atoms with Crippen LogP contribution in [0.4, 0.5) is 8.78 Å². The maximum atomic E-state index is 12.2. The summed E-state index contributed by atoms with van der Waals surface area (Å²) in [4.78, 5) is 11.6. The molecule has 0 atom stereocenters. The van der Waals surface area contributed by atoms with Gasteiger partial charge in [-0.3, -0.25) is 0 Å². The zero-order chi connectivity index (χ0) is 13.8. The third kappa shape index (κ3) is 3.32. The van der Waals surface area contributed by atoms with Crippen LogP contribution in [0.25, 0.3) is 11.1 Å². The summed E-state index contributed by atoms with van der Waals surface area (Å²) in [7, 11) is 0. The van der Waals surface area contributed by atoms with Gasteiger partial charge in [0.1, 0.15) is 0 Å². The van der Waals surface area contributed by atoms with E-state index in [1.54, 1.807) is 42.5 Å². The van der Waals surface area contributed by atoms with Gasteiger partial charge in [-0.2, -0.15) is 8.78 Å². The molecule has 98 valence electrons. The summed E-state index contributed by atoms with van der Waals surface area (Å²) in [5, 5.41) is 9.10. The van der Waals surface area contributed by atoms with Gasteiger partial charge in [0.05, 0.1) is 5.56 Å². The largest absolute Gasteiger partial charge is 0.478 e. The third-order valence-corrected chi connectivity index (χ3v) is 3.27. The second-order valence-corrected chi connectivity index (χ2v) is 4.82. The van der Waals surface area contributed by atoms with E-state index in [9.17, 15) is 13.6 Å². The molecule has 0 aliphatic heterocycles. The predicted octanol–water partition coefficient (Wildman–Crippen LogP) is 4.37. The molecule has 0 spiro atoms. The van der Waals surface area contributed by atoms with Crippen molar-refractivity contribution in [2.45, 2.75) is 10.7 Å². The minimum atomic E-state index is -2.46. The molecular weight excluding hydrogens is 270 g/mol. The number of benzene rings is 2. The zero-order valence-electron chi connectivity index (χ0n) is 9.72. The minimum absolute atomic E-state index is 0.191. The molecular formula is C14H10F2O2S. The summed E-state index contributed by atoms with van der Waals surface area (Å²) < 4.78 is 24.4. The lowest BCUT2D eigenvalue weighted by molar-refractivity contribution is 0.0697. The highest BCUT2D eigenvalue weighted by molar-refractivity contribution is 7.99. The molecule has 0 saturated carbocycles. The molecule has 0 aliphatic carbocycles. The fourth-order valence-corrected chi connectivity index (χ4v) is 2.24. The van der Waals surface area contributed by atoms with Crippen LogP contribution in [0.5, 0.6) is 0 Å². The maximum absolute atomic E-state index is 12.2. The van der Waals surface area contributed by atoms with Gasteiger partial charge in [-0.15, -0.1) is 0 Å². The molecule has 0 saturated heterocycles. The Hall–Kier alpha value is -1.88. The van der Waals surface area contributed by atoms with E-state index < -0.39 is 11.7 Å². The van der Waals surface area contributed by atoms with Gasteiger partial charge in [0.15, 0.2) is 0 Å². The van der Waals surface area contributed by atoms with E-state index >= 15 is 0 Å². The first kappa shape index (κ1) is 13.5. The van der Waals surface area contributed by atoms with Gasteiger partial charge in [0, 0.05) is 4.90 Å². The summed E-state index contributed by atoms with van der Waals surface area (Å²) in [6.45, 7) is 0. The maximum Gasteiger partial charge on any atom is 0.336 e. The number of aromatic carboxylic acids is 1. The van der Waals surface area contributed by atoms with Crippen molar-refractivity contribution in [2.75, 3.05) is 0 Å². The highest BCUT2D eigenvalue weighted by Crippen LogP contribution is 2.29. The summed E-state index contributed by atoms with van der Waals surface area (Å²) >= 11 is 0.463. The average molecular weight is 280 g/mol. The van der Waals surface area contributed by atoms with Gasteiger partial charge in [-0.1, -0.05) is 42.1 Å². The Bertz CT molecular complexity index is 582. The van der Waals surface area contributed by atoms with Crippen LogP contribution >= 0.6 is 11.8 Å². The molecule has 0 heterocycles. The molecule has 0 unspecified atom stereocenters. The van der Waals surface area contributed by atoms with Gasteiger partial charge in [0.2, 0.25) is 0 Å². The van der Waals surface area contributed by atoms with Gasteiger partial charge in [-0.25, -0.2) is 4.79 Å². The van der Waals surface area contributed by atoms with Crippen LogP contribution in [0.2, 0.25) is 0 Å². The summed E-state index contributed by atoms with van der Waals surface area (Å²) in [6, 6.07) is 13.0. The Morgan fingerprint density at radius 1 is 1.05 bits per heavy atom. The highest BCUT2D eigenvalue weighted by Gasteiger charge is 2.11. The van der Waals surface area contributed by atoms with Crippen LogP contribution in [0.1, 0.15) is 10.4 Å². The van der Waals surface area contributed by atoms with Crippen molar-refractivity contribution in [3.8, 4) is 11.1 Å². The molecule has 0 aliphatic rings. The number of carboxylic acids is 1. The normalized spacial score (nSPS) is 10.7. The number of hydrogen-bond donors (Lipinski definition) is 1. The molecule has 0 amide bonds. The average Bonchev–Trinajstić information content (AvgIpc) is 2.39. The van der Waals surface area contributed by atoms with Crippen molar-refractivity contribution in [1.82, 2.24) is 0 Å². The van der Waals surface area contributed by atoms with Gasteiger partial charge >= 0.3 is 5.97 Å². The Labute approximate surface area is 113 Å². The second-order valence-electron chi connectivity index (χ2n) is 3.75. The van der Waals surface area contributed by atoms with Crippen LogP contribution < -0.4 is 0 Å². The standard InChI is InChI=1S/C14H10F2O2S/c15-14(16)19-10-7-5-9(6-8-10)11-3-1-2-4-12(11)13(17)18/h1-8,14H,(H,17,18). The molecule has 5 heteroatoms. The van der Waals surface area contributed by atoms with E-state index in [4.69, 9.17) is 5.11 Å². The molecule has 2 nitrogen and oxygen atoms in total. The Kier molecular flexibility index (Phi) is 4.16. The Morgan fingerprint density at radius 2 is 1.68 bits per heavy atom. The number of carboxylic acid groups (broad SMARTS) is 1. The van der Waals surface area contributed by atoms with E-state index in [0.717, 1.165) is 0 Å². The van der Waals surface area contributed by atoms with E-state index in [-0.39, 0.29) is 5.56 Å². The van der Waals surface area contributed by atoms with Gasteiger partial charge in [0.25, 0.3) is 5.76 Å². The first-order chi connectivity index (χ1) is 9.08. The third-order valence-electron chi connectivity index (χ3n) is 2.55. The number of alkyl halides is 2. The van der Waals surface area contributed by atoms with Crippen LogP contribution in [0.15, 0.2) is 53.4 Å². The first-order valence-corrected chi connectivity index (χ1v) is 6.33. The highest BCUT2D eigenvalue weighted by atomic mass is 32.2. The molecule has 2 aromatic rings. The number of rotatable bonds is 4. The van der Waals surface area contributed by atoms with Crippen molar-refractivity contribution < 1.29 is 18.7 Å². The topological polar surface area (TPSA) is 37.3 Å². The second kappa shape index (κ2) is 5.84. The van der Waals surface area contributed by atoms with Crippen molar-refractivity contribution >= 4 is 17.7 Å². The fourth-order valence-electron chi connectivity index (χ4n) is 1.74. The molecule has 0 aromatic heterocycles. The summed E-state index contributed by atoms with van der Waals surface area (Å²) in [5.41, 5.74) is 1.46. The molecule has 19 heavy (non-hydrogen) atoms. The van der Waals surface area contributed by atoms with Crippen LogP contribution in [-0.2, 0) is 0 Å². The number of hydrogen-bond acceptors (Lipinski definition) is 2. The van der Waals surface area contributed by atoms with Crippen LogP contribution in [-0.4, -0.2) is 16.8 Å². The minimum Gasteiger partial charge on any atom is -0.478 e. The lowest BCUT2D eigenvalue weighted by Gasteiger charge is -2.07. The summed E-state index contributed by atoms with van der Waals surface area (Å²) in [6.07, 6.45) is 0. The summed E-state index contributed by atoms with van der Waals surface area (Å²) in [5.74, 6) is -3.47. The van der Waals surface area contributed by atoms with E-state index in [2.05, 4.69) is 0 Å². The van der Waals surface area contributed by atoms with Crippen molar-refractivity contribution in [1.29, 1.82) is 0 Å². The van der Waals surface area contributed by atoms with E-state index in [0.29, 0.717) is 27.8 Å². The predicted molar refractivity (Wildman–Crippen MR) is 70.7 cm³/mol. The van der Waals surface area contributed by atoms with Gasteiger partial charge < -0.3 is 5.11 Å². The Morgan fingerprint density at radius 3 is 2.26 bits per heavy atom.